The number of ether oxygens (including phenoxy) is 1. The molecule has 0 atom stereocenters. The standard InChI is InChI=1S/C12H8BrClN2O2/c13-9-3-1-2-8(6-9)7-18-12(17)10-4-5-11(14)16-15-10/h1-6H,7H2. The predicted octanol–water partition coefficient (Wildman–Crippen LogP) is 3.25. The molecule has 0 aliphatic carbocycles. The van der Waals surface area contributed by atoms with Gasteiger partial charge in [-0.05, 0) is 29.8 Å². The van der Waals surface area contributed by atoms with Crippen molar-refractivity contribution in [2.75, 3.05) is 0 Å². The van der Waals surface area contributed by atoms with E-state index in [0.29, 0.717) is 0 Å². The van der Waals surface area contributed by atoms with Crippen LogP contribution in [-0.4, -0.2) is 16.2 Å². The van der Waals surface area contributed by atoms with Gasteiger partial charge in [-0.25, -0.2) is 4.79 Å². The van der Waals surface area contributed by atoms with Crippen molar-refractivity contribution in [3.8, 4) is 0 Å². The zero-order chi connectivity index (χ0) is 13.0. The van der Waals surface area contributed by atoms with Crippen molar-refractivity contribution in [1.82, 2.24) is 10.2 Å². The van der Waals surface area contributed by atoms with Crippen LogP contribution < -0.4 is 0 Å². The monoisotopic (exact) mass is 326 g/mol. The summed E-state index contributed by atoms with van der Waals surface area (Å²) in [6.45, 7) is 0.183. The van der Waals surface area contributed by atoms with E-state index in [0.717, 1.165) is 10.0 Å². The molecule has 0 saturated heterocycles. The van der Waals surface area contributed by atoms with Crippen LogP contribution in [0.2, 0.25) is 5.15 Å². The van der Waals surface area contributed by atoms with E-state index in [9.17, 15) is 4.79 Å². The van der Waals surface area contributed by atoms with Crippen molar-refractivity contribution >= 4 is 33.5 Å². The van der Waals surface area contributed by atoms with Gasteiger partial charge in [-0.1, -0.05) is 39.7 Å². The normalized spacial score (nSPS) is 10.1. The molecule has 1 aromatic carbocycles. The fourth-order valence-corrected chi connectivity index (χ4v) is 1.82. The molecule has 0 N–H and O–H groups in total. The molecule has 0 bridgehead atoms. The molecule has 6 heteroatoms. The smallest absolute Gasteiger partial charge is 0.359 e. The Morgan fingerprint density at radius 2 is 2.11 bits per heavy atom. The second-order valence-electron chi connectivity index (χ2n) is 3.45. The molecule has 18 heavy (non-hydrogen) atoms. The van der Waals surface area contributed by atoms with E-state index >= 15 is 0 Å². The number of hydrogen-bond donors (Lipinski definition) is 0. The van der Waals surface area contributed by atoms with Crippen LogP contribution in [0.15, 0.2) is 40.9 Å². The minimum Gasteiger partial charge on any atom is -0.456 e. The van der Waals surface area contributed by atoms with Crippen LogP contribution in [0, 0.1) is 0 Å². The second-order valence-corrected chi connectivity index (χ2v) is 4.75. The maximum absolute atomic E-state index is 11.6. The molecule has 0 fully saturated rings. The topological polar surface area (TPSA) is 52.1 Å². The van der Waals surface area contributed by atoms with E-state index in [1.165, 1.54) is 12.1 Å². The highest BCUT2D eigenvalue weighted by Gasteiger charge is 2.09. The van der Waals surface area contributed by atoms with Crippen molar-refractivity contribution in [1.29, 1.82) is 0 Å². The summed E-state index contributed by atoms with van der Waals surface area (Å²) in [5, 5.41) is 7.45. The average molecular weight is 328 g/mol. The molecule has 0 radical (unpaired) electrons. The second kappa shape index (κ2) is 5.93. The van der Waals surface area contributed by atoms with Crippen LogP contribution in [0.4, 0.5) is 0 Å². The number of benzene rings is 1. The molecule has 0 aliphatic rings. The summed E-state index contributed by atoms with van der Waals surface area (Å²) in [5.41, 5.74) is 1.02. The van der Waals surface area contributed by atoms with Gasteiger partial charge in [-0.2, -0.15) is 0 Å². The van der Waals surface area contributed by atoms with Crippen LogP contribution in [0.3, 0.4) is 0 Å². The van der Waals surface area contributed by atoms with Gasteiger partial charge in [0.25, 0.3) is 0 Å². The van der Waals surface area contributed by atoms with Crippen molar-refractivity contribution in [3.63, 3.8) is 0 Å². The summed E-state index contributed by atoms with van der Waals surface area (Å²) in [4.78, 5) is 11.6. The number of carbonyl (C=O) groups is 1. The van der Waals surface area contributed by atoms with Crippen molar-refractivity contribution < 1.29 is 9.53 Å². The van der Waals surface area contributed by atoms with Crippen molar-refractivity contribution in [2.45, 2.75) is 6.61 Å². The number of esters is 1. The van der Waals surface area contributed by atoms with Gasteiger partial charge in [0.1, 0.15) is 6.61 Å². The predicted molar refractivity (Wildman–Crippen MR) is 70.3 cm³/mol. The molecule has 92 valence electrons. The highest BCUT2D eigenvalue weighted by Crippen LogP contribution is 2.13. The van der Waals surface area contributed by atoms with Crippen LogP contribution >= 0.6 is 27.5 Å². The number of nitrogens with zero attached hydrogens (tertiary/aromatic N) is 2. The zero-order valence-corrected chi connectivity index (χ0v) is 11.5. The minimum absolute atomic E-state index is 0.134. The lowest BCUT2D eigenvalue weighted by molar-refractivity contribution is 0.0464. The van der Waals surface area contributed by atoms with Gasteiger partial charge in [0, 0.05) is 4.47 Å². The molecule has 2 aromatic rings. The number of rotatable bonds is 3. The lowest BCUT2D eigenvalue weighted by Crippen LogP contribution is -2.08. The Morgan fingerprint density at radius 3 is 2.78 bits per heavy atom. The molecule has 0 amide bonds. The van der Waals surface area contributed by atoms with Gasteiger partial charge in [-0.3, -0.25) is 0 Å². The van der Waals surface area contributed by atoms with Crippen molar-refractivity contribution in [3.05, 3.63) is 57.3 Å². The summed E-state index contributed by atoms with van der Waals surface area (Å²) in [7, 11) is 0. The number of halogens is 2. The third-order valence-electron chi connectivity index (χ3n) is 2.10. The first-order valence-corrected chi connectivity index (χ1v) is 6.23. The van der Waals surface area contributed by atoms with Gasteiger partial charge in [0.05, 0.1) is 0 Å². The maximum Gasteiger partial charge on any atom is 0.359 e. The molecule has 0 unspecified atom stereocenters. The first-order chi connectivity index (χ1) is 8.65. The molecule has 1 aromatic heterocycles. The van der Waals surface area contributed by atoms with Gasteiger partial charge >= 0.3 is 5.97 Å². The molecule has 2 rings (SSSR count). The average Bonchev–Trinajstić information content (AvgIpc) is 2.37. The lowest BCUT2D eigenvalue weighted by atomic mass is 10.2. The van der Waals surface area contributed by atoms with E-state index in [1.54, 1.807) is 0 Å². The zero-order valence-electron chi connectivity index (χ0n) is 9.14. The first-order valence-electron chi connectivity index (χ1n) is 5.06. The van der Waals surface area contributed by atoms with E-state index < -0.39 is 5.97 Å². The Morgan fingerprint density at radius 1 is 1.28 bits per heavy atom. The summed E-state index contributed by atoms with van der Waals surface area (Å²) in [6.07, 6.45) is 0. The van der Waals surface area contributed by atoms with E-state index in [-0.39, 0.29) is 17.5 Å². The van der Waals surface area contributed by atoms with Gasteiger partial charge in [0.2, 0.25) is 0 Å². The van der Waals surface area contributed by atoms with Crippen LogP contribution in [-0.2, 0) is 11.3 Å². The molecule has 4 nitrogen and oxygen atoms in total. The Balaban J connectivity index is 1.98. The summed E-state index contributed by atoms with van der Waals surface area (Å²) in [5.74, 6) is -0.529. The quantitative estimate of drug-likeness (QED) is 0.812. The summed E-state index contributed by atoms with van der Waals surface area (Å²) >= 11 is 8.92. The van der Waals surface area contributed by atoms with E-state index in [4.69, 9.17) is 16.3 Å². The Kier molecular flexibility index (Phi) is 4.28. The van der Waals surface area contributed by atoms with Crippen LogP contribution in [0.1, 0.15) is 16.1 Å². The largest absolute Gasteiger partial charge is 0.456 e. The highest BCUT2D eigenvalue weighted by molar-refractivity contribution is 9.10. The Hall–Kier alpha value is -1.46. The molecular formula is C12H8BrClN2O2. The molecule has 1 heterocycles. The van der Waals surface area contributed by atoms with E-state index in [2.05, 4.69) is 26.1 Å². The molecule has 0 aliphatic heterocycles. The minimum atomic E-state index is -0.529. The lowest BCUT2D eigenvalue weighted by Gasteiger charge is -2.04. The Bertz CT molecular complexity index is 560. The first kappa shape index (κ1) is 13.0. The van der Waals surface area contributed by atoms with Gasteiger partial charge in [0.15, 0.2) is 10.8 Å². The number of carbonyl (C=O) groups excluding carboxylic acids is 1. The van der Waals surface area contributed by atoms with Gasteiger partial charge < -0.3 is 4.74 Å². The maximum atomic E-state index is 11.6. The fraction of sp³-hybridized carbons (Fsp3) is 0.0833. The van der Waals surface area contributed by atoms with E-state index in [1.807, 2.05) is 24.3 Å². The highest BCUT2D eigenvalue weighted by atomic mass is 79.9. The summed E-state index contributed by atoms with van der Waals surface area (Å²) in [6, 6.07) is 10.5. The van der Waals surface area contributed by atoms with Crippen LogP contribution in [0.25, 0.3) is 0 Å². The number of aromatic nitrogens is 2. The Labute approximate surface area is 117 Å². The van der Waals surface area contributed by atoms with Crippen molar-refractivity contribution in [2.24, 2.45) is 0 Å². The summed E-state index contributed by atoms with van der Waals surface area (Å²) < 4.78 is 6.04. The molecule has 0 saturated carbocycles. The van der Waals surface area contributed by atoms with Crippen LogP contribution in [0.5, 0.6) is 0 Å². The SMILES string of the molecule is O=C(OCc1cccc(Br)c1)c1ccc(Cl)nn1. The fourth-order valence-electron chi connectivity index (χ4n) is 1.27. The third-order valence-corrected chi connectivity index (χ3v) is 2.79. The third kappa shape index (κ3) is 3.51. The van der Waals surface area contributed by atoms with Gasteiger partial charge in [-0.15, -0.1) is 10.2 Å². The molecular weight excluding hydrogens is 320 g/mol. The number of hydrogen-bond acceptors (Lipinski definition) is 4. The molecule has 0 spiro atoms.